The van der Waals surface area contributed by atoms with E-state index in [4.69, 9.17) is 0 Å². The van der Waals surface area contributed by atoms with Crippen LogP contribution in [0, 0.1) is 0 Å². The van der Waals surface area contributed by atoms with E-state index in [-0.39, 0.29) is 21.1 Å². The molecule has 0 aliphatic carbocycles. The molecule has 0 aliphatic rings. The molecule has 0 fully saturated rings. The molecule has 1 aromatic carbocycles. The maximum absolute atomic E-state index is 12.0. The predicted octanol–water partition coefficient (Wildman–Crippen LogP) is 3.93. The summed E-state index contributed by atoms with van der Waals surface area (Å²) in [6.07, 6.45) is -4.78. The Hall–Kier alpha value is -0.560. The molecular formula is C9H5Br2F3O2. The van der Waals surface area contributed by atoms with Gasteiger partial charge in [0.25, 0.3) is 0 Å². The zero-order valence-electron chi connectivity index (χ0n) is 7.65. The van der Waals surface area contributed by atoms with Gasteiger partial charge in [-0.1, -0.05) is 22.0 Å². The fourth-order valence-corrected chi connectivity index (χ4v) is 1.87. The summed E-state index contributed by atoms with van der Waals surface area (Å²) in [7, 11) is 0. The highest BCUT2D eigenvalue weighted by molar-refractivity contribution is 9.10. The van der Waals surface area contributed by atoms with Crippen LogP contribution in [0.3, 0.4) is 0 Å². The van der Waals surface area contributed by atoms with Gasteiger partial charge in [0.15, 0.2) is 5.78 Å². The van der Waals surface area contributed by atoms with Gasteiger partial charge in [-0.2, -0.15) is 0 Å². The van der Waals surface area contributed by atoms with E-state index in [1.165, 1.54) is 12.1 Å². The van der Waals surface area contributed by atoms with Crippen molar-refractivity contribution in [2.24, 2.45) is 0 Å². The van der Waals surface area contributed by atoms with Crippen LogP contribution < -0.4 is 4.74 Å². The minimum atomic E-state index is -4.78. The molecule has 0 aromatic heterocycles. The van der Waals surface area contributed by atoms with E-state index < -0.39 is 12.1 Å². The minimum absolute atomic E-state index is 0.00299. The maximum Gasteiger partial charge on any atom is 0.573 e. The Morgan fingerprint density at radius 1 is 1.38 bits per heavy atom. The van der Waals surface area contributed by atoms with E-state index in [2.05, 4.69) is 36.6 Å². The Morgan fingerprint density at radius 3 is 2.50 bits per heavy atom. The first-order chi connectivity index (χ1) is 7.35. The number of carbonyl (C=O) groups excluding carboxylic acids is 1. The molecule has 16 heavy (non-hydrogen) atoms. The molecule has 0 amide bonds. The number of ketones is 1. The Kier molecular flexibility index (Phi) is 4.37. The smallest absolute Gasteiger partial charge is 0.405 e. The summed E-state index contributed by atoms with van der Waals surface area (Å²) in [5.74, 6) is -0.765. The second-order valence-electron chi connectivity index (χ2n) is 2.72. The first-order valence-electron chi connectivity index (χ1n) is 3.98. The third-order valence-electron chi connectivity index (χ3n) is 1.61. The predicted molar refractivity (Wildman–Crippen MR) is 58.9 cm³/mol. The van der Waals surface area contributed by atoms with Crippen molar-refractivity contribution in [3.63, 3.8) is 0 Å². The van der Waals surface area contributed by atoms with E-state index in [9.17, 15) is 18.0 Å². The van der Waals surface area contributed by atoms with Gasteiger partial charge in [-0.25, -0.2) is 0 Å². The average molecular weight is 362 g/mol. The van der Waals surface area contributed by atoms with Crippen molar-refractivity contribution in [2.45, 2.75) is 6.36 Å². The quantitative estimate of drug-likeness (QED) is 0.602. The topological polar surface area (TPSA) is 26.3 Å². The largest absolute Gasteiger partial charge is 0.573 e. The van der Waals surface area contributed by atoms with Gasteiger partial charge in [-0.05, 0) is 28.1 Å². The SMILES string of the molecule is O=C(CBr)c1cccc(OC(F)(F)F)c1Br. The second kappa shape index (κ2) is 5.18. The van der Waals surface area contributed by atoms with Gasteiger partial charge in [0.2, 0.25) is 0 Å². The van der Waals surface area contributed by atoms with Crippen LogP contribution in [-0.4, -0.2) is 17.5 Å². The number of ether oxygens (including phenoxy) is 1. The normalized spacial score (nSPS) is 11.3. The molecule has 0 saturated carbocycles. The lowest BCUT2D eigenvalue weighted by atomic mass is 10.1. The summed E-state index contributed by atoms with van der Waals surface area (Å²) in [6.45, 7) is 0. The molecule has 7 heteroatoms. The highest BCUT2D eigenvalue weighted by atomic mass is 79.9. The molecule has 2 nitrogen and oxygen atoms in total. The van der Waals surface area contributed by atoms with Crippen molar-refractivity contribution in [3.05, 3.63) is 28.2 Å². The van der Waals surface area contributed by atoms with E-state index >= 15 is 0 Å². The number of hydrogen-bond donors (Lipinski definition) is 0. The van der Waals surface area contributed by atoms with Crippen LogP contribution >= 0.6 is 31.9 Å². The number of benzene rings is 1. The molecule has 1 rings (SSSR count). The van der Waals surface area contributed by atoms with Crippen molar-refractivity contribution >= 4 is 37.6 Å². The van der Waals surface area contributed by atoms with Gasteiger partial charge in [-0.3, -0.25) is 4.79 Å². The van der Waals surface area contributed by atoms with Crippen molar-refractivity contribution in [1.82, 2.24) is 0 Å². The standard InChI is InChI=1S/C9H5Br2F3O2/c10-4-6(15)5-2-1-3-7(8(5)11)16-9(12,13)14/h1-3H,4H2. The number of hydrogen-bond acceptors (Lipinski definition) is 2. The third kappa shape index (κ3) is 3.48. The summed E-state index contributed by atoms with van der Waals surface area (Å²) in [6, 6.07) is 3.86. The van der Waals surface area contributed by atoms with Crippen molar-refractivity contribution in [3.8, 4) is 5.75 Å². The molecule has 0 spiro atoms. The highest BCUT2D eigenvalue weighted by Crippen LogP contribution is 2.33. The summed E-state index contributed by atoms with van der Waals surface area (Å²) in [5, 5.41) is 0.0288. The van der Waals surface area contributed by atoms with Gasteiger partial charge in [-0.15, -0.1) is 13.2 Å². The Labute approximate surface area is 106 Å². The monoisotopic (exact) mass is 360 g/mol. The minimum Gasteiger partial charge on any atom is -0.405 e. The van der Waals surface area contributed by atoms with Gasteiger partial charge >= 0.3 is 6.36 Å². The van der Waals surface area contributed by atoms with E-state index in [0.717, 1.165) is 6.07 Å². The first kappa shape index (κ1) is 13.5. The third-order valence-corrected chi connectivity index (χ3v) is 2.94. The molecule has 88 valence electrons. The Balaban J connectivity index is 3.09. The van der Waals surface area contributed by atoms with Crippen LogP contribution in [0.1, 0.15) is 10.4 Å². The number of Topliss-reactive ketones (excluding diaryl/α,β-unsaturated/α-hetero) is 1. The molecule has 0 atom stereocenters. The van der Waals surface area contributed by atoms with Crippen molar-refractivity contribution in [1.29, 1.82) is 0 Å². The van der Waals surface area contributed by atoms with Gasteiger partial charge in [0.1, 0.15) is 5.75 Å². The second-order valence-corrected chi connectivity index (χ2v) is 4.08. The molecule has 0 aliphatic heterocycles. The first-order valence-corrected chi connectivity index (χ1v) is 5.90. The lowest BCUT2D eigenvalue weighted by Gasteiger charge is -2.12. The van der Waals surface area contributed by atoms with E-state index in [0.29, 0.717) is 0 Å². The average Bonchev–Trinajstić information content (AvgIpc) is 2.18. The Bertz CT molecular complexity index is 404. The van der Waals surface area contributed by atoms with Crippen LogP contribution in [0.15, 0.2) is 22.7 Å². The van der Waals surface area contributed by atoms with Crippen LogP contribution in [0.25, 0.3) is 0 Å². The van der Waals surface area contributed by atoms with Crippen LogP contribution in [-0.2, 0) is 0 Å². The van der Waals surface area contributed by atoms with Crippen LogP contribution in [0.5, 0.6) is 5.75 Å². The van der Waals surface area contributed by atoms with E-state index in [1.54, 1.807) is 0 Å². The van der Waals surface area contributed by atoms with Gasteiger partial charge in [0.05, 0.1) is 9.80 Å². The molecule has 0 radical (unpaired) electrons. The number of rotatable bonds is 3. The molecule has 0 bridgehead atoms. The number of carbonyl (C=O) groups is 1. The lowest BCUT2D eigenvalue weighted by Crippen LogP contribution is -2.18. The summed E-state index contributed by atoms with van der Waals surface area (Å²) in [5.41, 5.74) is 0.138. The number of alkyl halides is 4. The molecule has 1 aromatic rings. The fourth-order valence-electron chi connectivity index (χ4n) is 1.00. The molecular weight excluding hydrogens is 357 g/mol. The van der Waals surface area contributed by atoms with Crippen LogP contribution in [0.4, 0.5) is 13.2 Å². The van der Waals surface area contributed by atoms with Gasteiger partial charge < -0.3 is 4.74 Å². The zero-order valence-corrected chi connectivity index (χ0v) is 10.8. The Morgan fingerprint density at radius 2 is 2.00 bits per heavy atom. The van der Waals surface area contributed by atoms with E-state index in [1.807, 2.05) is 0 Å². The summed E-state index contributed by atoms with van der Waals surface area (Å²) >= 11 is 5.85. The van der Waals surface area contributed by atoms with Crippen molar-refractivity contribution < 1.29 is 22.7 Å². The maximum atomic E-state index is 12.0. The number of halogens is 5. The van der Waals surface area contributed by atoms with Crippen molar-refractivity contribution in [2.75, 3.05) is 5.33 Å². The zero-order chi connectivity index (χ0) is 12.3. The lowest BCUT2D eigenvalue weighted by molar-refractivity contribution is -0.274. The summed E-state index contributed by atoms with van der Waals surface area (Å²) in [4.78, 5) is 11.3. The molecule has 0 saturated heterocycles. The summed E-state index contributed by atoms with van der Waals surface area (Å²) < 4.78 is 39.7. The highest BCUT2D eigenvalue weighted by Gasteiger charge is 2.32. The molecule has 0 heterocycles. The molecule has 0 unspecified atom stereocenters. The van der Waals surface area contributed by atoms with Gasteiger partial charge in [0, 0.05) is 5.56 Å². The van der Waals surface area contributed by atoms with Crippen LogP contribution in [0.2, 0.25) is 0 Å². The fraction of sp³-hybridized carbons (Fsp3) is 0.222. The molecule has 0 N–H and O–H groups in total.